The maximum absolute atomic E-state index is 12.4. The first-order valence-electron chi connectivity index (χ1n) is 8.04. The highest BCUT2D eigenvalue weighted by Crippen LogP contribution is 2.24. The largest absolute Gasteiger partial charge is 0.497 e. The van der Waals surface area contributed by atoms with Gasteiger partial charge in [0.2, 0.25) is 0 Å². The molecule has 1 aromatic carbocycles. The number of piperidine rings is 1. The second-order valence-electron chi connectivity index (χ2n) is 5.90. The first-order chi connectivity index (χ1) is 12.1. The molecule has 8 nitrogen and oxygen atoms in total. The number of anilines is 1. The molecular formula is C17H20N4O4. The maximum atomic E-state index is 12.4. The Hall–Kier alpha value is -3.03. The number of hydrogen-bond donors (Lipinski definition) is 2. The number of benzene rings is 1. The van der Waals surface area contributed by atoms with E-state index >= 15 is 0 Å². The molecule has 0 radical (unpaired) electrons. The first-order valence-corrected chi connectivity index (χ1v) is 8.04. The number of carboxylic acid groups (broad SMARTS) is 1. The number of likely N-dealkylation sites (tertiary alicyclic amines) is 1. The Morgan fingerprint density at radius 2 is 2.04 bits per heavy atom. The number of hydrogen-bond acceptors (Lipinski definition) is 4. The van der Waals surface area contributed by atoms with Gasteiger partial charge in [-0.3, -0.25) is 4.79 Å². The number of aliphatic carboxylic acids is 1. The Morgan fingerprint density at radius 1 is 1.28 bits per heavy atom. The minimum Gasteiger partial charge on any atom is -0.497 e. The van der Waals surface area contributed by atoms with Gasteiger partial charge in [0.15, 0.2) is 0 Å². The van der Waals surface area contributed by atoms with Crippen LogP contribution in [-0.4, -0.2) is 52.0 Å². The fraction of sp³-hybridized carbons (Fsp3) is 0.353. The Labute approximate surface area is 145 Å². The van der Waals surface area contributed by atoms with E-state index in [-0.39, 0.29) is 11.9 Å². The number of nitrogens with zero attached hydrogens (tertiary/aromatic N) is 3. The Morgan fingerprint density at radius 3 is 2.64 bits per heavy atom. The molecule has 1 saturated heterocycles. The van der Waals surface area contributed by atoms with Gasteiger partial charge in [0.25, 0.3) is 0 Å². The standard InChI is InChI=1S/C17H20N4O4/c1-25-15-10-13(9-14(11-15)21-6-2-5-18-21)19-17(24)20-7-3-12(4-8-20)16(22)23/h2,5-6,9-12H,3-4,7-8H2,1H3,(H,19,24)(H,22,23). The van der Waals surface area contributed by atoms with Crippen LogP contribution in [0.3, 0.4) is 0 Å². The summed E-state index contributed by atoms with van der Waals surface area (Å²) in [6.45, 7) is 0.859. The zero-order chi connectivity index (χ0) is 17.8. The number of amides is 2. The van der Waals surface area contributed by atoms with Gasteiger partial charge >= 0.3 is 12.0 Å². The minimum absolute atomic E-state index is 0.247. The van der Waals surface area contributed by atoms with Crippen molar-refractivity contribution in [1.82, 2.24) is 14.7 Å². The number of carbonyl (C=O) groups excluding carboxylic acids is 1. The van der Waals surface area contributed by atoms with Crippen LogP contribution < -0.4 is 10.1 Å². The topological polar surface area (TPSA) is 96.7 Å². The number of nitrogens with one attached hydrogen (secondary N) is 1. The third-order valence-corrected chi connectivity index (χ3v) is 4.28. The molecule has 1 aliphatic rings. The van der Waals surface area contributed by atoms with Crippen LogP contribution in [0, 0.1) is 5.92 Å². The summed E-state index contributed by atoms with van der Waals surface area (Å²) in [5.41, 5.74) is 1.36. The molecule has 3 rings (SSSR count). The van der Waals surface area contributed by atoms with E-state index in [0.717, 1.165) is 5.69 Å². The molecule has 1 aromatic heterocycles. The second-order valence-corrected chi connectivity index (χ2v) is 5.90. The number of carboxylic acids is 1. The molecule has 0 atom stereocenters. The molecule has 1 aliphatic heterocycles. The van der Waals surface area contributed by atoms with Crippen molar-refractivity contribution in [3.63, 3.8) is 0 Å². The lowest BCUT2D eigenvalue weighted by atomic mass is 9.97. The van der Waals surface area contributed by atoms with Crippen molar-refractivity contribution in [3.8, 4) is 11.4 Å². The van der Waals surface area contributed by atoms with E-state index in [4.69, 9.17) is 9.84 Å². The average molecular weight is 344 g/mol. The van der Waals surface area contributed by atoms with Crippen LogP contribution in [0.25, 0.3) is 5.69 Å². The zero-order valence-corrected chi connectivity index (χ0v) is 13.9. The Kier molecular flexibility index (Phi) is 4.87. The summed E-state index contributed by atoms with van der Waals surface area (Å²) in [4.78, 5) is 25.1. The summed E-state index contributed by atoms with van der Waals surface area (Å²) < 4.78 is 6.97. The van der Waals surface area contributed by atoms with E-state index in [2.05, 4.69) is 10.4 Å². The molecule has 2 heterocycles. The third kappa shape index (κ3) is 3.90. The number of urea groups is 1. The van der Waals surface area contributed by atoms with E-state index < -0.39 is 5.97 Å². The molecule has 0 aliphatic carbocycles. The summed E-state index contributed by atoms with van der Waals surface area (Å²) >= 11 is 0. The van der Waals surface area contributed by atoms with E-state index in [1.54, 1.807) is 41.2 Å². The van der Waals surface area contributed by atoms with Crippen molar-refractivity contribution in [2.24, 2.45) is 5.92 Å². The van der Waals surface area contributed by atoms with Gasteiger partial charge in [0.05, 0.1) is 18.7 Å². The van der Waals surface area contributed by atoms with Gasteiger partial charge in [-0.05, 0) is 25.0 Å². The highest BCUT2D eigenvalue weighted by Gasteiger charge is 2.27. The summed E-state index contributed by atoms with van der Waals surface area (Å²) in [6, 6.07) is 6.92. The third-order valence-electron chi connectivity index (χ3n) is 4.28. The molecule has 8 heteroatoms. The van der Waals surface area contributed by atoms with Gasteiger partial charge in [-0.15, -0.1) is 0 Å². The van der Waals surface area contributed by atoms with Gasteiger partial charge in [-0.1, -0.05) is 0 Å². The van der Waals surface area contributed by atoms with E-state index in [0.29, 0.717) is 37.4 Å². The number of methoxy groups -OCH3 is 1. The van der Waals surface area contributed by atoms with E-state index in [1.807, 2.05) is 12.1 Å². The quantitative estimate of drug-likeness (QED) is 0.886. The molecule has 0 spiro atoms. The normalized spacial score (nSPS) is 15.0. The van der Waals surface area contributed by atoms with E-state index in [1.165, 1.54) is 0 Å². The second kappa shape index (κ2) is 7.25. The van der Waals surface area contributed by atoms with Crippen molar-refractivity contribution in [3.05, 3.63) is 36.7 Å². The molecule has 0 saturated carbocycles. The number of rotatable bonds is 4. The van der Waals surface area contributed by atoms with Gasteiger partial charge in [0, 0.05) is 43.3 Å². The molecule has 0 bridgehead atoms. The van der Waals surface area contributed by atoms with Crippen LogP contribution in [0.5, 0.6) is 5.75 Å². The summed E-state index contributed by atoms with van der Waals surface area (Å²) in [5.74, 6) is -0.558. The molecular weight excluding hydrogens is 324 g/mol. The number of aromatic nitrogens is 2. The van der Waals surface area contributed by atoms with Crippen molar-refractivity contribution >= 4 is 17.7 Å². The predicted molar refractivity (Wildman–Crippen MR) is 91.1 cm³/mol. The van der Waals surface area contributed by atoms with Gasteiger partial charge < -0.3 is 20.1 Å². The summed E-state index contributed by atoms with van der Waals surface area (Å²) in [6.07, 6.45) is 4.42. The van der Waals surface area contributed by atoms with Crippen molar-refractivity contribution in [2.75, 3.05) is 25.5 Å². The van der Waals surface area contributed by atoms with Gasteiger partial charge in [-0.25, -0.2) is 9.48 Å². The summed E-state index contributed by atoms with van der Waals surface area (Å²) in [7, 11) is 1.56. The van der Waals surface area contributed by atoms with Crippen LogP contribution in [-0.2, 0) is 4.79 Å². The predicted octanol–water partition coefficient (Wildman–Crippen LogP) is 2.21. The highest BCUT2D eigenvalue weighted by molar-refractivity contribution is 5.90. The highest BCUT2D eigenvalue weighted by atomic mass is 16.5. The van der Waals surface area contributed by atoms with Crippen LogP contribution in [0.2, 0.25) is 0 Å². The van der Waals surface area contributed by atoms with E-state index in [9.17, 15) is 9.59 Å². The van der Waals surface area contributed by atoms with Crippen molar-refractivity contribution in [2.45, 2.75) is 12.8 Å². The minimum atomic E-state index is -0.795. The lowest BCUT2D eigenvalue weighted by Gasteiger charge is -2.30. The summed E-state index contributed by atoms with van der Waals surface area (Å²) in [5, 5.41) is 16.1. The van der Waals surface area contributed by atoms with Crippen LogP contribution in [0.15, 0.2) is 36.7 Å². The van der Waals surface area contributed by atoms with Gasteiger partial charge in [0.1, 0.15) is 5.75 Å². The molecule has 2 amide bonds. The van der Waals surface area contributed by atoms with Crippen LogP contribution in [0.4, 0.5) is 10.5 Å². The maximum Gasteiger partial charge on any atom is 0.321 e. The molecule has 2 N–H and O–H groups in total. The van der Waals surface area contributed by atoms with Crippen molar-refractivity contribution < 1.29 is 19.4 Å². The fourth-order valence-corrected chi connectivity index (χ4v) is 2.86. The monoisotopic (exact) mass is 344 g/mol. The van der Waals surface area contributed by atoms with Gasteiger partial charge in [-0.2, -0.15) is 5.10 Å². The molecule has 0 unspecified atom stereocenters. The number of ether oxygens (including phenoxy) is 1. The molecule has 25 heavy (non-hydrogen) atoms. The Balaban J connectivity index is 1.71. The molecule has 1 fully saturated rings. The van der Waals surface area contributed by atoms with Crippen molar-refractivity contribution in [1.29, 1.82) is 0 Å². The SMILES string of the molecule is COc1cc(NC(=O)N2CCC(C(=O)O)CC2)cc(-n2cccn2)c1. The molecule has 2 aromatic rings. The smallest absolute Gasteiger partial charge is 0.321 e. The first kappa shape index (κ1) is 16.8. The lowest BCUT2D eigenvalue weighted by Crippen LogP contribution is -2.42. The van der Waals surface area contributed by atoms with Crippen LogP contribution >= 0.6 is 0 Å². The van der Waals surface area contributed by atoms with Crippen LogP contribution in [0.1, 0.15) is 12.8 Å². The average Bonchev–Trinajstić information content (AvgIpc) is 3.16. The lowest BCUT2D eigenvalue weighted by molar-refractivity contribution is -0.143. The zero-order valence-electron chi connectivity index (χ0n) is 13.9. The molecule has 132 valence electrons. The Bertz CT molecular complexity index is 752. The number of carbonyl (C=O) groups is 2. The fourth-order valence-electron chi connectivity index (χ4n) is 2.86.